The van der Waals surface area contributed by atoms with E-state index in [1.165, 1.54) is 10.4 Å². The molecule has 2 rings (SSSR count). The van der Waals surface area contributed by atoms with Crippen molar-refractivity contribution in [1.82, 2.24) is 10.3 Å². The van der Waals surface area contributed by atoms with Gasteiger partial charge in [-0.25, -0.2) is 4.98 Å². The van der Waals surface area contributed by atoms with Gasteiger partial charge in [0.2, 0.25) is 0 Å². The molecule has 2 heterocycles. The molecule has 0 saturated heterocycles. The maximum absolute atomic E-state index is 4.40. The lowest BCUT2D eigenvalue weighted by molar-refractivity contribution is 0.812. The van der Waals surface area contributed by atoms with Crippen molar-refractivity contribution >= 4 is 17.2 Å². The van der Waals surface area contributed by atoms with Gasteiger partial charge in [-0.05, 0) is 36.2 Å². The molecule has 0 amide bonds. The molecule has 4 heteroatoms. The van der Waals surface area contributed by atoms with Crippen LogP contribution in [0.5, 0.6) is 0 Å². The van der Waals surface area contributed by atoms with Gasteiger partial charge >= 0.3 is 0 Å². The lowest BCUT2D eigenvalue weighted by Crippen LogP contribution is -2.17. The highest BCUT2D eigenvalue weighted by molar-refractivity contribution is 7.09. The Bertz CT molecular complexity index is 453. The molecule has 0 fully saturated rings. The van der Waals surface area contributed by atoms with Crippen LogP contribution in [-0.4, -0.2) is 19.1 Å². The number of nitrogens with zero attached hydrogens (tertiary/aromatic N) is 2. The molecule has 0 aromatic carbocycles. The van der Waals surface area contributed by atoms with Gasteiger partial charge in [0.15, 0.2) is 0 Å². The van der Waals surface area contributed by atoms with E-state index in [9.17, 15) is 0 Å². The fourth-order valence-electron chi connectivity index (χ4n) is 1.70. The Morgan fingerprint density at radius 3 is 3.00 bits per heavy atom. The summed E-state index contributed by atoms with van der Waals surface area (Å²) < 4.78 is 0. The average molecular weight is 247 g/mol. The van der Waals surface area contributed by atoms with Crippen molar-refractivity contribution in [3.8, 4) is 0 Å². The standard InChI is InChI=1S/C13H17N3S/c1-14-9-11-5-6-15-13(8-11)16(2)10-12-4-3-7-17-12/h3-8,14H,9-10H2,1-2H3. The van der Waals surface area contributed by atoms with Crippen molar-refractivity contribution in [2.45, 2.75) is 13.1 Å². The van der Waals surface area contributed by atoms with E-state index < -0.39 is 0 Å². The SMILES string of the molecule is CNCc1ccnc(N(C)Cc2cccs2)c1. The molecule has 0 unspecified atom stereocenters. The first kappa shape index (κ1) is 12.1. The molecule has 0 atom stereocenters. The highest BCUT2D eigenvalue weighted by Crippen LogP contribution is 2.16. The largest absolute Gasteiger partial charge is 0.355 e. The summed E-state index contributed by atoms with van der Waals surface area (Å²) in [6, 6.07) is 8.40. The molecule has 2 aromatic rings. The third-order valence-electron chi connectivity index (χ3n) is 2.56. The summed E-state index contributed by atoms with van der Waals surface area (Å²) in [5.74, 6) is 1.02. The maximum atomic E-state index is 4.40. The summed E-state index contributed by atoms with van der Waals surface area (Å²) >= 11 is 1.78. The van der Waals surface area contributed by atoms with Crippen LogP contribution >= 0.6 is 11.3 Å². The number of anilines is 1. The first-order valence-corrected chi connectivity index (χ1v) is 6.50. The monoisotopic (exact) mass is 247 g/mol. The summed E-state index contributed by atoms with van der Waals surface area (Å²) in [5.41, 5.74) is 1.26. The van der Waals surface area contributed by atoms with E-state index in [1.54, 1.807) is 11.3 Å². The van der Waals surface area contributed by atoms with Crippen LogP contribution in [0.15, 0.2) is 35.8 Å². The molecule has 90 valence electrons. The normalized spacial score (nSPS) is 10.5. The maximum Gasteiger partial charge on any atom is 0.128 e. The molecular formula is C13H17N3S. The van der Waals surface area contributed by atoms with Gasteiger partial charge in [-0.2, -0.15) is 0 Å². The van der Waals surface area contributed by atoms with Gasteiger partial charge < -0.3 is 10.2 Å². The Morgan fingerprint density at radius 2 is 2.29 bits per heavy atom. The number of nitrogens with one attached hydrogen (secondary N) is 1. The molecule has 0 spiro atoms. The molecule has 0 saturated carbocycles. The third kappa shape index (κ3) is 3.28. The van der Waals surface area contributed by atoms with Crippen molar-refractivity contribution in [2.75, 3.05) is 19.0 Å². The Kier molecular flexibility index (Phi) is 4.12. The summed E-state index contributed by atoms with van der Waals surface area (Å²) in [7, 11) is 4.03. The Morgan fingerprint density at radius 1 is 1.41 bits per heavy atom. The van der Waals surface area contributed by atoms with Crippen LogP contribution in [0.1, 0.15) is 10.4 Å². The van der Waals surface area contributed by atoms with Gasteiger partial charge in [-0.3, -0.25) is 0 Å². The van der Waals surface area contributed by atoms with Crippen LogP contribution in [-0.2, 0) is 13.1 Å². The van der Waals surface area contributed by atoms with Gasteiger partial charge in [0.1, 0.15) is 5.82 Å². The summed E-state index contributed by atoms with van der Waals surface area (Å²) in [6.07, 6.45) is 1.87. The van der Waals surface area contributed by atoms with E-state index in [0.29, 0.717) is 0 Å². The number of aromatic nitrogens is 1. The lowest BCUT2D eigenvalue weighted by atomic mass is 10.2. The van der Waals surface area contributed by atoms with E-state index in [1.807, 2.05) is 19.3 Å². The van der Waals surface area contributed by atoms with Crippen molar-refractivity contribution in [3.05, 3.63) is 46.3 Å². The number of pyridine rings is 1. The molecule has 0 aliphatic carbocycles. The van der Waals surface area contributed by atoms with Gasteiger partial charge in [0.25, 0.3) is 0 Å². The van der Waals surface area contributed by atoms with Crippen molar-refractivity contribution in [3.63, 3.8) is 0 Å². The van der Waals surface area contributed by atoms with E-state index in [2.05, 4.69) is 45.8 Å². The van der Waals surface area contributed by atoms with Crippen LogP contribution in [0.3, 0.4) is 0 Å². The van der Waals surface area contributed by atoms with Crippen molar-refractivity contribution in [2.24, 2.45) is 0 Å². The van der Waals surface area contributed by atoms with Crippen molar-refractivity contribution < 1.29 is 0 Å². The van der Waals surface area contributed by atoms with Crippen LogP contribution in [0, 0.1) is 0 Å². The second-order valence-corrected chi connectivity index (χ2v) is 5.02. The number of hydrogen-bond donors (Lipinski definition) is 1. The van der Waals surface area contributed by atoms with Gasteiger partial charge in [-0.15, -0.1) is 11.3 Å². The molecular weight excluding hydrogens is 230 g/mol. The third-order valence-corrected chi connectivity index (χ3v) is 3.42. The minimum atomic E-state index is 0.877. The van der Waals surface area contributed by atoms with Crippen LogP contribution in [0.4, 0.5) is 5.82 Å². The highest BCUT2D eigenvalue weighted by atomic mass is 32.1. The Hall–Kier alpha value is -1.39. The zero-order valence-corrected chi connectivity index (χ0v) is 11.0. The second-order valence-electron chi connectivity index (χ2n) is 3.99. The summed E-state index contributed by atoms with van der Waals surface area (Å²) in [4.78, 5) is 7.93. The van der Waals surface area contributed by atoms with E-state index >= 15 is 0 Å². The molecule has 0 aliphatic heterocycles. The predicted molar refractivity (Wildman–Crippen MR) is 73.4 cm³/mol. The topological polar surface area (TPSA) is 28.2 Å². The minimum absolute atomic E-state index is 0.877. The fourth-order valence-corrected chi connectivity index (χ4v) is 2.46. The number of thiophene rings is 1. The van der Waals surface area contributed by atoms with E-state index in [4.69, 9.17) is 0 Å². The molecule has 17 heavy (non-hydrogen) atoms. The molecule has 0 bridgehead atoms. The molecule has 0 radical (unpaired) electrons. The Balaban J connectivity index is 2.07. The van der Waals surface area contributed by atoms with Gasteiger partial charge in [0.05, 0.1) is 6.54 Å². The minimum Gasteiger partial charge on any atom is -0.355 e. The van der Waals surface area contributed by atoms with Crippen LogP contribution < -0.4 is 10.2 Å². The molecule has 3 nitrogen and oxygen atoms in total. The fraction of sp³-hybridized carbons (Fsp3) is 0.308. The first-order chi connectivity index (χ1) is 8.29. The summed E-state index contributed by atoms with van der Waals surface area (Å²) in [5, 5.41) is 5.26. The lowest BCUT2D eigenvalue weighted by Gasteiger charge is -2.17. The Labute approximate surface area is 106 Å². The number of hydrogen-bond acceptors (Lipinski definition) is 4. The molecule has 1 N–H and O–H groups in total. The van der Waals surface area contributed by atoms with Gasteiger partial charge in [-0.1, -0.05) is 6.07 Å². The molecule has 2 aromatic heterocycles. The quantitative estimate of drug-likeness (QED) is 0.880. The zero-order chi connectivity index (χ0) is 12.1. The van der Waals surface area contributed by atoms with Gasteiger partial charge in [0, 0.05) is 24.7 Å². The van der Waals surface area contributed by atoms with E-state index in [-0.39, 0.29) is 0 Å². The smallest absolute Gasteiger partial charge is 0.128 e. The molecule has 0 aliphatic rings. The second kappa shape index (κ2) is 5.80. The van der Waals surface area contributed by atoms with E-state index in [0.717, 1.165) is 18.9 Å². The van der Waals surface area contributed by atoms with Crippen molar-refractivity contribution in [1.29, 1.82) is 0 Å². The zero-order valence-electron chi connectivity index (χ0n) is 10.2. The predicted octanol–water partition coefficient (Wildman–Crippen LogP) is 2.50. The first-order valence-electron chi connectivity index (χ1n) is 5.62. The average Bonchev–Trinajstić information content (AvgIpc) is 2.83. The highest BCUT2D eigenvalue weighted by Gasteiger charge is 2.04. The van der Waals surface area contributed by atoms with Crippen LogP contribution in [0.2, 0.25) is 0 Å². The summed E-state index contributed by atoms with van der Waals surface area (Å²) in [6.45, 7) is 1.79. The van der Waals surface area contributed by atoms with Crippen LogP contribution in [0.25, 0.3) is 0 Å². The number of rotatable bonds is 5.